The standard InChI is InChI=1S/C27H26N2O5.C24H24O5.C22H23NO5.C22H16O6.C22H22O5/c30-27(28-10-9-18-5-7-23-25(11-18)33-16-31-23)22-13-20-3-1-2-4-21(20)15-29(22)14-19-6-8-24-26(12-19)34-17-32-24;25-24-18(7-14-1-5-20-22(9-14)28-12-26-20)16-3-4-17(11-16)19(24)8-15-2-6-21-23(10-15)29-13-27-21;1-23-10-16(6-14-2-4-18-20(8-14)27-12-25-18)22(24)17(11-23)7-15-3-5-19-21(9-15)28-13-26-19;1-4-16-19(26-10-23-16)7-13(1)22(14-2-5-17-20(8-14)27-11-24-17)15-3-6-18-21(9-15)28-12-25-18;23-22-16(8-14-4-6-18-20(10-14)26-12-24-18)2-1-3-17(22)9-15-5-7-19-21(11-15)27-13-25-19/h1-8,11-12,22H,9-10,13-17H2,(H,28,30);1-2,5-6,9-10,16-19H,3-4,7-8,11-13H2;2-5,8-9,16-17H,6-7,10-13H2,1H3;1-9,22H,10-12H2;4-7,10-11,16-17H,1-3,8-9,12-13H2. The average molecular weight is 1980 g/mol. The molecule has 146 heavy (non-hydrogen) atoms. The lowest BCUT2D eigenvalue weighted by Gasteiger charge is -2.36. The molecule has 12 aromatic carbocycles. The lowest BCUT2D eigenvalue weighted by atomic mass is 9.68. The molecule has 2 bridgehead atoms. The van der Waals surface area contributed by atoms with E-state index in [1.807, 2.05) is 176 Å². The third kappa shape index (κ3) is 20.3. The van der Waals surface area contributed by atoms with E-state index < -0.39 is 0 Å². The number of piperidine rings is 1. The van der Waals surface area contributed by atoms with Crippen molar-refractivity contribution in [2.45, 2.75) is 115 Å². The number of hydrogen-bond acceptors (Lipinski definition) is 28. The summed E-state index contributed by atoms with van der Waals surface area (Å²) in [5.74, 6) is 19.6. The second-order valence-electron chi connectivity index (χ2n) is 39.6. The van der Waals surface area contributed by atoms with Crippen LogP contribution in [0.2, 0.25) is 0 Å². The quantitative estimate of drug-likeness (QED) is 0.0654. The number of likely N-dealkylation sites (tertiary alicyclic amines) is 1. The van der Waals surface area contributed by atoms with Crippen LogP contribution in [-0.4, -0.2) is 141 Å². The molecule has 1 N–H and O–H groups in total. The molecule has 29 heteroatoms. The van der Waals surface area contributed by atoms with Gasteiger partial charge in [-0.1, -0.05) is 97.4 Å². The van der Waals surface area contributed by atoms with Gasteiger partial charge in [0, 0.05) is 74.1 Å². The number of benzene rings is 12. The zero-order chi connectivity index (χ0) is 98.1. The van der Waals surface area contributed by atoms with E-state index in [-0.39, 0.29) is 128 Å². The highest BCUT2D eigenvalue weighted by Crippen LogP contribution is 2.52. The number of nitrogens with one attached hydrogen (secondary N) is 1. The van der Waals surface area contributed by atoms with Crippen molar-refractivity contribution in [3.63, 3.8) is 0 Å². The van der Waals surface area contributed by atoms with Crippen LogP contribution in [0.1, 0.15) is 117 Å². The number of amides is 1. The summed E-state index contributed by atoms with van der Waals surface area (Å²) >= 11 is 0. The van der Waals surface area contributed by atoms with Crippen molar-refractivity contribution in [1.29, 1.82) is 0 Å². The Kier molecular flexibility index (Phi) is 26.4. The van der Waals surface area contributed by atoms with E-state index in [0.29, 0.717) is 48.7 Å². The van der Waals surface area contributed by atoms with Crippen LogP contribution in [0.3, 0.4) is 0 Å². The van der Waals surface area contributed by atoms with Gasteiger partial charge in [0.2, 0.25) is 80.6 Å². The van der Waals surface area contributed by atoms with Gasteiger partial charge in [0.1, 0.15) is 17.3 Å². The van der Waals surface area contributed by atoms with E-state index in [0.717, 1.165) is 260 Å². The van der Waals surface area contributed by atoms with Gasteiger partial charge < -0.3 is 114 Å². The first kappa shape index (κ1) is 93.0. The Hall–Kier alpha value is -15.4. The maximum atomic E-state index is 13.6. The number of carbonyl (C=O) groups excluding carboxylic acids is 4. The average Bonchev–Trinajstić information content (AvgIpc) is 1.81. The SMILES string of the molecule is CN1CC(Cc2ccc3c(c2)OCO3)C(=O)C(Cc2ccc3c(c2)OCO3)C1.O=C(NCCc1ccc2c(c1)OCO2)C1Cc2ccccc2CN1Cc1ccc2c(c1)OCO2.O=C1C(Cc2ccc3c(c2)OCO3)C2CCC(C2)C1Cc1ccc2c(c1)OCO2.O=C1C(Cc2ccc3c(c2)OCO3)CCCC1Cc1ccc2c(c1)OCO2.c1cc2c(cc1C(c1ccc3c(c1)OCO3)c1ccc3c(c1)OCO3)OCO2. The van der Waals surface area contributed by atoms with Crippen molar-refractivity contribution in [1.82, 2.24) is 15.1 Å². The normalized spacial score (nSPS) is 21.5. The first-order chi connectivity index (χ1) is 71.7. The number of Topliss-reactive ketones (excluding diaryl/α,β-unsaturated/α-hetero) is 3. The summed E-state index contributed by atoms with van der Waals surface area (Å²) in [6, 6.07) is 74.3. The van der Waals surface area contributed by atoms with Crippen LogP contribution in [-0.2, 0) is 83.6 Å². The van der Waals surface area contributed by atoms with Crippen molar-refractivity contribution in [3.8, 4) is 126 Å². The van der Waals surface area contributed by atoms with E-state index in [9.17, 15) is 19.2 Å². The van der Waals surface area contributed by atoms with E-state index in [1.54, 1.807) is 0 Å². The molecule has 28 rings (SSSR count). The molecule has 0 spiro atoms. The van der Waals surface area contributed by atoms with E-state index in [1.165, 1.54) is 41.5 Å². The van der Waals surface area contributed by atoms with E-state index in [4.69, 9.17) is 104 Å². The molecule has 4 fully saturated rings. The lowest BCUT2D eigenvalue weighted by Crippen LogP contribution is -2.50. The molecular weight excluding hydrogens is 1860 g/mol. The fraction of sp³-hybridized carbons (Fsp3) is 0.350. The molecule has 9 atom stereocenters. The smallest absolute Gasteiger partial charge is 0.237 e. The molecule has 1 amide bonds. The molecule has 9 unspecified atom stereocenters. The van der Waals surface area contributed by atoms with Crippen molar-refractivity contribution in [2.24, 2.45) is 47.3 Å². The summed E-state index contributed by atoms with van der Waals surface area (Å²) in [5, 5.41) is 3.16. The molecule has 29 nitrogen and oxygen atoms in total. The van der Waals surface area contributed by atoms with Crippen LogP contribution >= 0.6 is 0 Å². The largest absolute Gasteiger partial charge is 0.454 e. The zero-order valence-corrected chi connectivity index (χ0v) is 80.9. The maximum Gasteiger partial charge on any atom is 0.237 e. The minimum atomic E-state index is -0.239. The number of ether oxygens (including phenoxy) is 22. The van der Waals surface area contributed by atoms with Gasteiger partial charge in [-0.2, -0.15) is 0 Å². The molecular formula is C117H111N3O26. The van der Waals surface area contributed by atoms with E-state index in [2.05, 4.69) is 70.7 Å². The van der Waals surface area contributed by atoms with Crippen LogP contribution in [0.5, 0.6) is 126 Å². The van der Waals surface area contributed by atoms with Gasteiger partial charge in [0.15, 0.2) is 126 Å². The van der Waals surface area contributed by atoms with Gasteiger partial charge >= 0.3 is 0 Å². The van der Waals surface area contributed by atoms with Gasteiger partial charge in [-0.3, -0.25) is 24.1 Å². The van der Waals surface area contributed by atoms with Gasteiger partial charge in [-0.05, 0) is 308 Å². The molecule has 0 radical (unpaired) electrons. The van der Waals surface area contributed by atoms with Crippen LogP contribution in [0.25, 0.3) is 0 Å². The lowest BCUT2D eigenvalue weighted by molar-refractivity contribution is -0.132. The second kappa shape index (κ2) is 41.4. The van der Waals surface area contributed by atoms with Crippen molar-refractivity contribution in [3.05, 3.63) is 297 Å². The summed E-state index contributed by atoms with van der Waals surface area (Å²) in [6.07, 6.45) is 12.5. The highest BCUT2D eigenvalue weighted by Gasteiger charge is 2.48. The number of nitrogens with zero attached hydrogens (tertiary/aromatic N) is 2. The number of hydrogen-bond donors (Lipinski definition) is 1. The second-order valence-corrected chi connectivity index (χ2v) is 39.6. The zero-order valence-electron chi connectivity index (χ0n) is 80.9. The molecule has 0 aromatic heterocycles. The number of fused-ring (bicyclic) bond motifs is 14. The maximum absolute atomic E-state index is 13.6. The Bertz CT molecular complexity index is 6590. The third-order valence-corrected chi connectivity index (χ3v) is 30.4. The van der Waals surface area contributed by atoms with Crippen LogP contribution in [0.15, 0.2) is 224 Å². The Labute approximate surface area is 844 Å². The van der Waals surface area contributed by atoms with Crippen LogP contribution < -0.4 is 110 Å². The number of rotatable bonds is 21. The van der Waals surface area contributed by atoms with Crippen molar-refractivity contribution < 1.29 is 123 Å². The molecule has 750 valence electrons. The molecule has 12 aromatic rings. The van der Waals surface area contributed by atoms with Crippen LogP contribution in [0, 0.1) is 47.3 Å². The predicted molar refractivity (Wildman–Crippen MR) is 529 cm³/mol. The molecule has 16 aliphatic rings. The molecule has 3 aliphatic carbocycles. The Morgan fingerprint density at radius 2 is 0.582 bits per heavy atom. The summed E-state index contributed by atoms with van der Waals surface area (Å²) in [7, 11) is 2.09. The summed E-state index contributed by atoms with van der Waals surface area (Å²) in [4.78, 5) is 57.7. The van der Waals surface area contributed by atoms with Crippen LogP contribution in [0.4, 0.5) is 0 Å². The van der Waals surface area contributed by atoms with E-state index >= 15 is 0 Å². The Morgan fingerprint density at radius 1 is 0.301 bits per heavy atom. The predicted octanol–water partition coefficient (Wildman–Crippen LogP) is 18.2. The molecule has 13 aliphatic heterocycles. The Morgan fingerprint density at radius 3 is 0.938 bits per heavy atom. The van der Waals surface area contributed by atoms with Gasteiger partial charge in [-0.15, -0.1) is 0 Å². The first-order valence-electron chi connectivity index (χ1n) is 50.4. The van der Waals surface area contributed by atoms with Crippen molar-refractivity contribution in [2.75, 3.05) is 101 Å². The third-order valence-electron chi connectivity index (χ3n) is 30.4. The fourth-order valence-electron chi connectivity index (χ4n) is 23.1. The molecule has 13 heterocycles. The van der Waals surface area contributed by atoms with Crippen molar-refractivity contribution >= 4 is 23.3 Å². The summed E-state index contributed by atoms with van der Waals surface area (Å²) in [5.41, 5.74) is 14.8. The summed E-state index contributed by atoms with van der Waals surface area (Å²) < 4.78 is 120. The minimum Gasteiger partial charge on any atom is -0.454 e. The molecule has 1 saturated heterocycles. The first-order valence-corrected chi connectivity index (χ1v) is 50.4. The summed E-state index contributed by atoms with van der Waals surface area (Å²) in [6.45, 7) is 6.42. The number of ketones is 3. The highest BCUT2D eigenvalue weighted by molar-refractivity contribution is 5.87. The Balaban J connectivity index is 0.0000000980. The van der Waals surface area contributed by atoms with Gasteiger partial charge in [-0.25, -0.2) is 0 Å². The van der Waals surface area contributed by atoms with Gasteiger partial charge in [0.25, 0.3) is 0 Å². The topological polar surface area (TPSA) is 290 Å². The fourth-order valence-corrected chi connectivity index (χ4v) is 23.1. The monoisotopic (exact) mass is 1970 g/mol. The number of carbonyl (C=O) groups is 4. The highest BCUT2D eigenvalue weighted by atomic mass is 16.7. The minimum absolute atomic E-state index is 0.0156. The molecule has 3 saturated carbocycles. The van der Waals surface area contributed by atoms with Gasteiger partial charge in [0.05, 0.1) is 6.04 Å².